The third-order valence-electron chi connectivity index (χ3n) is 2.50. The first-order valence-corrected chi connectivity index (χ1v) is 6.07. The number of nitrogens with one attached hydrogen (secondary N) is 1. The molecule has 0 unspecified atom stereocenters. The highest BCUT2D eigenvalue weighted by molar-refractivity contribution is 7.80. The molecule has 0 radical (unpaired) electrons. The van der Waals surface area contributed by atoms with Crippen LogP contribution in [-0.2, 0) is 4.74 Å². The average molecular weight is 272 g/mol. The van der Waals surface area contributed by atoms with Gasteiger partial charge in [-0.25, -0.2) is 0 Å². The molecular formula is C9H16N6O2S. The molecule has 0 spiro atoms. The van der Waals surface area contributed by atoms with Crippen molar-refractivity contribution < 1.29 is 9.84 Å². The Morgan fingerprint density at radius 2 is 2.22 bits per heavy atom. The average Bonchev–Trinajstić information content (AvgIpc) is 2.79. The van der Waals surface area contributed by atoms with Gasteiger partial charge < -0.3 is 25.8 Å². The van der Waals surface area contributed by atoms with Crippen LogP contribution in [0.2, 0.25) is 0 Å². The van der Waals surface area contributed by atoms with Crippen LogP contribution in [0.4, 0.5) is 11.9 Å². The van der Waals surface area contributed by atoms with Crippen molar-refractivity contribution in [2.24, 2.45) is 0 Å². The van der Waals surface area contributed by atoms with Crippen LogP contribution < -0.4 is 16.0 Å². The summed E-state index contributed by atoms with van der Waals surface area (Å²) in [5.74, 6) is 0.774. The van der Waals surface area contributed by atoms with Gasteiger partial charge in [-0.3, -0.25) is 0 Å². The summed E-state index contributed by atoms with van der Waals surface area (Å²) >= 11 is 5.10. The molecule has 9 heteroatoms. The Morgan fingerprint density at radius 3 is 2.89 bits per heavy atom. The fraction of sp³-hybridized carbons (Fsp3) is 0.667. The van der Waals surface area contributed by atoms with Crippen LogP contribution in [-0.4, -0.2) is 64.4 Å². The number of hydrogen-bond donors (Lipinski definition) is 3. The zero-order valence-corrected chi connectivity index (χ0v) is 10.7. The number of hydrogen-bond acceptors (Lipinski definition) is 7. The third-order valence-corrected chi connectivity index (χ3v) is 2.81. The van der Waals surface area contributed by atoms with Crippen molar-refractivity contribution in [1.82, 2.24) is 20.1 Å². The summed E-state index contributed by atoms with van der Waals surface area (Å²) in [4.78, 5) is 6.16. The minimum Gasteiger partial charge on any atom is -0.395 e. The van der Waals surface area contributed by atoms with E-state index in [1.165, 1.54) is 4.68 Å². The molecule has 1 aromatic heterocycles. The second-order valence-electron chi connectivity index (χ2n) is 3.74. The summed E-state index contributed by atoms with van der Waals surface area (Å²) in [6.45, 7) is 3.12. The highest BCUT2D eigenvalue weighted by Crippen LogP contribution is 2.12. The SMILES string of the molecule is Nc1nc(N2CCOCC2)nn1C(=S)NCCO. The van der Waals surface area contributed by atoms with Crippen molar-refractivity contribution in [1.29, 1.82) is 0 Å². The minimum atomic E-state index is -0.00887. The molecule has 18 heavy (non-hydrogen) atoms. The number of aliphatic hydroxyl groups excluding tert-OH is 1. The lowest BCUT2D eigenvalue weighted by Gasteiger charge is -2.25. The maximum Gasteiger partial charge on any atom is 0.247 e. The number of nitrogens with two attached hydrogens (primary N) is 1. The molecular weight excluding hydrogens is 256 g/mol. The highest BCUT2D eigenvalue weighted by Gasteiger charge is 2.18. The van der Waals surface area contributed by atoms with Crippen molar-refractivity contribution in [2.75, 3.05) is 50.1 Å². The molecule has 0 aromatic carbocycles. The maximum absolute atomic E-state index is 8.72. The van der Waals surface area contributed by atoms with Gasteiger partial charge in [0.15, 0.2) is 5.11 Å². The van der Waals surface area contributed by atoms with Crippen molar-refractivity contribution in [3.8, 4) is 0 Å². The minimum absolute atomic E-state index is 0.00887. The van der Waals surface area contributed by atoms with Crippen molar-refractivity contribution >= 4 is 29.2 Å². The Bertz CT molecular complexity index is 417. The monoisotopic (exact) mass is 272 g/mol. The Hall–Kier alpha value is -1.45. The maximum atomic E-state index is 8.72. The van der Waals surface area contributed by atoms with Crippen molar-refractivity contribution in [3.05, 3.63) is 0 Å². The third kappa shape index (κ3) is 2.86. The van der Waals surface area contributed by atoms with E-state index >= 15 is 0 Å². The summed E-state index contributed by atoms with van der Waals surface area (Å²) in [7, 11) is 0. The zero-order chi connectivity index (χ0) is 13.0. The molecule has 0 bridgehead atoms. The molecule has 1 aromatic rings. The summed E-state index contributed by atoms with van der Waals surface area (Å²) in [5.41, 5.74) is 5.76. The van der Waals surface area contributed by atoms with Crippen LogP contribution >= 0.6 is 12.2 Å². The summed E-state index contributed by atoms with van der Waals surface area (Å²) in [6, 6.07) is 0. The van der Waals surface area contributed by atoms with Crippen molar-refractivity contribution in [2.45, 2.75) is 0 Å². The van der Waals surface area contributed by atoms with Crippen molar-refractivity contribution in [3.63, 3.8) is 0 Å². The number of nitrogen functional groups attached to an aromatic ring is 1. The lowest BCUT2D eigenvalue weighted by Crippen LogP contribution is -2.37. The van der Waals surface area contributed by atoms with Gasteiger partial charge in [0.2, 0.25) is 11.9 Å². The predicted octanol–water partition coefficient (Wildman–Crippen LogP) is -1.59. The van der Waals surface area contributed by atoms with E-state index in [-0.39, 0.29) is 12.6 Å². The number of nitrogens with zero attached hydrogens (tertiary/aromatic N) is 4. The Kier molecular flexibility index (Phi) is 4.28. The van der Waals surface area contributed by atoms with Gasteiger partial charge in [0.05, 0.1) is 19.8 Å². The summed E-state index contributed by atoms with van der Waals surface area (Å²) < 4.78 is 6.61. The van der Waals surface area contributed by atoms with Gasteiger partial charge in [0.1, 0.15) is 0 Å². The number of thiocarbonyl (C=S) groups is 1. The smallest absolute Gasteiger partial charge is 0.247 e. The van der Waals surface area contributed by atoms with Gasteiger partial charge in [-0.15, -0.1) is 5.10 Å². The van der Waals surface area contributed by atoms with Gasteiger partial charge in [-0.1, -0.05) is 0 Å². The van der Waals surface area contributed by atoms with Gasteiger partial charge in [0.25, 0.3) is 0 Å². The first-order valence-electron chi connectivity index (χ1n) is 5.66. The number of aliphatic hydroxyl groups is 1. The number of aromatic nitrogens is 3. The molecule has 8 nitrogen and oxygen atoms in total. The Balaban J connectivity index is 2.08. The van der Waals surface area contributed by atoms with E-state index in [0.29, 0.717) is 30.8 Å². The van der Waals surface area contributed by atoms with E-state index in [1.807, 2.05) is 4.90 Å². The Morgan fingerprint density at radius 1 is 1.50 bits per heavy atom. The van der Waals surface area contributed by atoms with Gasteiger partial charge in [-0.05, 0) is 12.2 Å². The molecule has 100 valence electrons. The fourth-order valence-electron chi connectivity index (χ4n) is 1.60. The highest BCUT2D eigenvalue weighted by atomic mass is 32.1. The van der Waals surface area contributed by atoms with E-state index in [9.17, 15) is 0 Å². The molecule has 2 heterocycles. The van der Waals surface area contributed by atoms with E-state index in [0.717, 1.165) is 13.1 Å². The lowest BCUT2D eigenvalue weighted by molar-refractivity contribution is 0.122. The normalized spacial score (nSPS) is 15.7. The second-order valence-corrected chi connectivity index (χ2v) is 4.12. The second kappa shape index (κ2) is 5.94. The molecule has 2 rings (SSSR count). The molecule has 1 saturated heterocycles. The van der Waals surface area contributed by atoms with Gasteiger partial charge >= 0.3 is 0 Å². The lowest BCUT2D eigenvalue weighted by atomic mass is 10.4. The quantitative estimate of drug-likeness (QED) is 0.566. The van der Waals surface area contributed by atoms with Crippen LogP contribution in [0.15, 0.2) is 0 Å². The fourth-order valence-corrected chi connectivity index (χ4v) is 1.83. The van der Waals surface area contributed by atoms with Gasteiger partial charge in [-0.2, -0.15) is 9.67 Å². The van der Waals surface area contributed by atoms with E-state index in [1.54, 1.807) is 0 Å². The largest absolute Gasteiger partial charge is 0.395 e. The van der Waals surface area contributed by atoms with E-state index in [4.69, 9.17) is 27.8 Å². The molecule has 4 N–H and O–H groups in total. The standard InChI is InChI=1S/C9H16N6O2S/c10-7-12-8(14-2-5-17-6-3-14)13-15(7)9(18)11-1-4-16/h16H,1-6H2,(H,11,18)(H2,10,12,13). The molecule has 1 fully saturated rings. The van der Waals surface area contributed by atoms with Crippen LogP contribution in [0.25, 0.3) is 0 Å². The van der Waals surface area contributed by atoms with Crippen LogP contribution in [0, 0.1) is 0 Å². The number of anilines is 2. The molecule has 0 atom stereocenters. The topological polar surface area (TPSA) is 101 Å². The van der Waals surface area contributed by atoms with Gasteiger partial charge in [0, 0.05) is 19.6 Å². The zero-order valence-electron chi connectivity index (χ0n) is 9.87. The number of rotatable bonds is 3. The van der Waals surface area contributed by atoms with Crippen LogP contribution in [0.3, 0.4) is 0 Å². The summed E-state index contributed by atoms with van der Waals surface area (Å²) in [5, 5.41) is 16.1. The molecule has 0 aliphatic carbocycles. The molecule has 0 saturated carbocycles. The van der Waals surface area contributed by atoms with Crippen LogP contribution in [0.5, 0.6) is 0 Å². The van der Waals surface area contributed by atoms with E-state index < -0.39 is 0 Å². The summed E-state index contributed by atoms with van der Waals surface area (Å²) in [6.07, 6.45) is 0. The molecule has 1 aliphatic heterocycles. The molecule has 0 amide bonds. The first-order chi connectivity index (χ1) is 8.72. The molecule has 1 aliphatic rings. The first kappa shape index (κ1) is 13.0. The Labute approximate surface area is 110 Å². The van der Waals surface area contributed by atoms with Crippen LogP contribution in [0.1, 0.15) is 0 Å². The number of morpholine rings is 1. The predicted molar refractivity (Wildman–Crippen MR) is 70.6 cm³/mol. The van der Waals surface area contributed by atoms with E-state index in [2.05, 4.69) is 15.4 Å². The number of ether oxygens (including phenoxy) is 1.